The lowest BCUT2D eigenvalue weighted by Gasteiger charge is -2.46. The first-order chi connectivity index (χ1) is 10.1. The van der Waals surface area contributed by atoms with Gasteiger partial charge in [-0.1, -0.05) is 26.2 Å². The van der Waals surface area contributed by atoms with Crippen LogP contribution in [0.3, 0.4) is 0 Å². The van der Waals surface area contributed by atoms with Crippen LogP contribution in [0.5, 0.6) is 0 Å². The molecule has 3 rings (SSSR count). The summed E-state index contributed by atoms with van der Waals surface area (Å²) in [7, 11) is 0. The van der Waals surface area contributed by atoms with Gasteiger partial charge < -0.3 is 9.47 Å². The Morgan fingerprint density at radius 3 is 2.81 bits per heavy atom. The second-order valence-electron chi connectivity index (χ2n) is 6.81. The van der Waals surface area contributed by atoms with Crippen molar-refractivity contribution in [2.24, 2.45) is 11.3 Å². The van der Waals surface area contributed by atoms with Crippen molar-refractivity contribution in [3.05, 3.63) is 0 Å². The molecule has 2 saturated heterocycles. The van der Waals surface area contributed by atoms with E-state index in [4.69, 9.17) is 9.47 Å². The zero-order chi connectivity index (χ0) is 15.1. The fraction of sp³-hybridized carbons (Fsp3) is 0.882. The Hall–Kier alpha value is -0.900. The Labute approximate surface area is 126 Å². The maximum Gasteiger partial charge on any atom is 0.322 e. The highest BCUT2D eigenvalue weighted by molar-refractivity contribution is 6.07. The van der Waals surface area contributed by atoms with Crippen LogP contribution in [0.25, 0.3) is 0 Å². The Morgan fingerprint density at radius 2 is 2.10 bits per heavy atom. The lowest BCUT2D eigenvalue weighted by Crippen LogP contribution is -2.60. The Kier molecular flexibility index (Phi) is 3.85. The standard InChI is InChI=1S/C17H26O4/c1-3-9-16-11-8-13(21-16)17(15(19)20-4-2)10-6-5-7-12(16)14(17)18/h12-13H,3-11H2,1-2H3/t12-,13-,16+,17+/m0/s1. The van der Waals surface area contributed by atoms with Gasteiger partial charge in [0.1, 0.15) is 0 Å². The molecule has 4 nitrogen and oxygen atoms in total. The molecule has 0 amide bonds. The summed E-state index contributed by atoms with van der Waals surface area (Å²) in [5.41, 5.74) is -1.30. The molecule has 0 radical (unpaired) electrons. The van der Waals surface area contributed by atoms with E-state index < -0.39 is 5.41 Å². The topological polar surface area (TPSA) is 52.6 Å². The summed E-state index contributed by atoms with van der Waals surface area (Å²) >= 11 is 0. The van der Waals surface area contributed by atoms with Crippen LogP contribution in [0.4, 0.5) is 0 Å². The zero-order valence-corrected chi connectivity index (χ0v) is 13.2. The second-order valence-corrected chi connectivity index (χ2v) is 6.81. The summed E-state index contributed by atoms with van der Waals surface area (Å²) in [6, 6.07) is 0. The molecular weight excluding hydrogens is 268 g/mol. The number of esters is 1. The van der Waals surface area contributed by atoms with E-state index in [0.29, 0.717) is 13.0 Å². The van der Waals surface area contributed by atoms with Gasteiger partial charge in [0.2, 0.25) is 0 Å². The molecule has 0 aromatic carbocycles. The van der Waals surface area contributed by atoms with Crippen LogP contribution in [0.1, 0.15) is 65.2 Å². The van der Waals surface area contributed by atoms with Gasteiger partial charge in [-0.2, -0.15) is 0 Å². The highest BCUT2D eigenvalue weighted by Gasteiger charge is 2.68. The predicted octanol–water partition coefficient (Wildman–Crippen LogP) is 3.03. The normalized spacial score (nSPS) is 41.7. The number of ether oxygens (including phenoxy) is 2. The Morgan fingerprint density at radius 1 is 1.29 bits per heavy atom. The molecule has 1 saturated carbocycles. The van der Waals surface area contributed by atoms with Crippen molar-refractivity contribution in [1.29, 1.82) is 0 Å². The van der Waals surface area contributed by atoms with Crippen molar-refractivity contribution in [3.8, 4) is 0 Å². The molecule has 21 heavy (non-hydrogen) atoms. The quantitative estimate of drug-likeness (QED) is 0.591. The average Bonchev–Trinajstić information content (AvgIpc) is 2.79. The van der Waals surface area contributed by atoms with E-state index in [9.17, 15) is 9.59 Å². The van der Waals surface area contributed by atoms with E-state index in [1.54, 1.807) is 6.92 Å². The van der Waals surface area contributed by atoms with Crippen molar-refractivity contribution in [2.75, 3.05) is 6.61 Å². The molecule has 0 N–H and O–H groups in total. The van der Waals surface area contributed by atoms with Crippen LogP contribution in [-0.4, -0.2) is 30.1 Å². The van der Waals surface area contributed by atoms with Crippen molar-refractivity contribution < 1.29 is 19.1 Å². The summed E-state index contributed by atoms with van der Waals surface area (Å²) in [6.07, 6.45) is 6.83. The molecule has 0 aromatic heterocycles. The summed E-state index contributed by atoms with van der Waals surface area (Å²) in [4.78, 5) is 25.8. The monoisotopic (exact) mass is 294 g/mol. The molecule has 2 aliphatic heterocycles. The van der Waals surface area contributed by atoms with Crippen molar-refractivity contribution in [3.63, 3.8) is 0 Å². The first-order valence-electron chi connectivity index (χ1n) is 8.50. The van der Waals surface area contributed by atoms with Gasteiger partial charge in [0.15, 0.2) is 11.2 Å². The summed E-state index contributed by atoms with van der Waals surface area (Å²) in [5.74, 6) is -0.317. The van der Waals surface area contributed by atoms with E-state index in [2.05, 4.69) is 6.92 Å². The van der Waals surface area contributed by atoms with E-state index in [-0.39, 0.29) is 29.4 Å². The van der Waals surface area contributed by atoms with Crippen LogP contribution in [0.2, 0.25) is 0 Å². The van der Waals surface area contributed by atoms with Gasteiger partial charge in [-0.25, -0.2) is 0 Å². The molecule has 3 fully saturated rings. The van der Waals surface area contributed by atoms with Crippen LogP contribution in [0.15, 0.2) is 0 Å². The zero-order valence-electron chi connectivity index (χ0n) is 13.2. The SMILES string of the molecule is CCC[C@]12CC[C@H](O1)[C@]1(C(=O)OCC)CCCC[C@H]2C1=O. The Balaban J connectivity index is 2.02. The third kappa shape index (κ3) is 1.98. The van der Waals surface area contributed by atoms with Gasteiger partial charge in [-0.3, -0.25) is 9.59 Å². The molecule has 0 unspecified atom stereocenters. The van der Waals surface area contributed by atoms with Crippen molar-refractivity contribution >= 4 is 11.8 Å². The summed E-state index contributed by atoms with van der Waals surface area (Å²) in [6.45, 7) is 4.26. The van der Waals surface area contributed by atoms with Gasteiger partial charge in [-0.15, -0.1) is 0 Å². The lowest BCUT2D eigenvalue weighted by atomic mass is 9.67. The minimum Gasteiger partial charge on any atom is -0.465 e. The molecule has 3 aliphatic rings. The Bertz CT molecular complexity index is 446. The number of hydrogen-bond acceptors (Lipinski definition) is 4. The minimum absolute atomic E-state index is 0.108. The van der Waals surface area contributed by atoms with Gasteiger partial charge in [0, 0.05) is 5.92 Å². The molecule has 1 aliphatic carbocycles. The van der Waals surface area contributed by atoms with Crippen LogP contribution in [-0.2, 0) is 19.1 Å². The molecule has 0 spiro atoms. The number of rotatable bonds is 4. The van der Waals surface area contributed by atoms with E-state index in [1.165, 1.54) is 0 Å². The van der Waals surface area contributed by atoms with E-state index >= 15 is 0 Å². The molecule has 4 bridgehead atoms. The van der Waals surface area contributed by atoms with Crippen molar-refractivity contribution in [1.82, 2.24) is 0 Å². The first-order valence-corrected chi connectivity index (χ1v) is 8.50. The van der Waals surface area contributed by atoms with Gasteiger partial charge in [0.25, 0.3) is 0 Å². The maximum atomic E-state index is 13.2. The number of ketones is 1. The van der Waals surface area contributed by atoms with Crippen LogP contribution < -0.4 is 0 Å². The van der Waals surface area contributed by atoms with Gasteiger partial charge in [0.05, 0.1) is 18.3 Å². The van der Waals surface area contributed by atoms with Crippen LogP contribution in [0, 0.1) is 11.3 Å². The van der Waals surface area contributed by atoms with Crippen LogP contribution >= 0.6 is 0 Å². The highest BCUT2D eigenvalue weighted by Crippen LogP contribution is 2.57. The van der Waals surface area contributed by atoms with E-state index in [1.807, 2.05) is 0 Å². The number of carbonyl (C=O) groups is 2. The molecule has 118 valence electrons. The average molecular weight is 294 g/mol. The maximum absolute atomic E-state index is 13.2. The molecule has 0 aromatic rings. The smallest absolute Gasteiger partial charge is 0.322 e. The molecular formula is C17H26O4. The molecule has 2 heterocycles. The number of fused-ring (bicyclic) bond motifs is 6. The largest absolute Gasteiger partial charge is 0.465 e. The van der Waals surface area contributed by atoms with Gasteiger partial charge in [-0.05, 0) is 39.0 Å². The third-order valence-corrected chi connectivity index (χ3v) is 5.77. The third-order valence-electron chi connectivity index (χ3n) is 5.77. The second kappa shape index (κ2) is 5.38. The lowest BCUT2D eigenvalue weighted by molar-refractivity contribution is -0.200. The minimum atomic E-state index is -1.01. The number of hydrogen-bond donors (Lipinski definition) is 0. The predicted molar refractivity (Wildman–Crippen MR) is 77.8 cm³/mol. The number of Topliss-reactive ketones (excluding diaryl/α,β-unsaturated/α-hetero) is 1. The highest BCUT2D eigenvalue weighted by atomic mass is 16.5. The fourth-order valence-corrected chi connectivity index (χ4v) is 4.89. The van der Waals surface area contributed by atoms with Crippen molar-refractivity contribution in [2.45, 2.75) is 76.9 Å². The fourth-order valence-electron chi connectivity index (χ4n) is 4.89. The summed E-state index contributed by atoms with van der Waals surface area (Å²) < 4.78 is 11.7. The first kappa shape index (κ1) is 15.0. The summed E-state index contributed by atoms with van der Waals surface area (Å²) in [5, 5.41) is 0. The van der Waals surface area contributed by atoms with Gasteiger partial charge >= 0.3 is 5.97 Å². The number of carbonyl (C=O) groups excluding carboxylic acids is 2. The van der Waals surface area contributed by atoms with E-state index in [0.717, 1.165) is 44.9 Å². The molecule has 4 heteroatoms. The molecule has 4 atom stereocenters.